The van der Waals surface area contributed by atoms with Crippen LogP contribution in [0.2, 0.25) is 0 Å². The van der Waals surface area contributed by atoms with E-state index in [4.69, 9.17) is 4.74 Å². The molecule has 6 nitrogen and oxygen atoms in total. The molecule has 0 fully saturated rings. The number of rotatable bonds is 6. The maximum absolute atomic E-state index is 13.0. The van der Waals surface area contributed by atoms with E-state index in [1.165, 1.54) is 11.3 Å². The number of methoxy groups -OCH3 is 1. The van der Waals surface area contributed by atoms with Gasteiger partial charge in [-0.3, -0.25) is 10.1 Å². The fourth-order valence-electron chi connectivity index (χ4n) is 3.98. The average Bonchev–Trinajstić information content (AvgIpc) is 3.55. The summed E-state index contributed by atoms with van der Waals surface area (Å²) < 4.78 is 8.54. The van der Waals surface area contributed by atoms with E-state index in [1.54, 1.807) is 19.6 Å². The third-order valence-electron chi connectivity index (χ3n) is 6.04. The summed E-state index contributed by atoms with van der Waals surface area (Å²) in [6.07, 6.45) is 5.50. The van der Waals surface area contributed by atoms with Crippen LogP contribution in [0.3, 0.4) is 0 Å². The van der Waals surface area contributed by atoms with Crippen LogP contribution in [0.25, 0.3) is 21.3 Å². The van der Waals surface area contributed by atoms with Gasteiger partial charge in [-0.15, -0.1) is 0 Å². The second-order valence-electron chi connectivity index (χ2n) is 8.44. The third kappa shape index (κ3) is 3.95. The summed E-state index contributed by atoms with van der Waals surface area (Å²) in [4.78, 5) is 21.8. The molecular weight excluding hydrogens is 444 g/mol. The van der Waals surface area contributed by atoms with Gasteiger partial charge in [-0.05, 0) is 49.2 Å². The monoisotopic (exact) mass is 468 g/mol. The normalized spacial score (nSPS) is 11.5. The molecule has 2 heterocycles. The highest BCUT2D eigenvalue weighted by Gasteiger charge is 2.22. The van der Waals surface area contributed by atoms with E-state index in [0.29, 0.717) is 16.4 Å². The van der Waals surface area contributed by atoms with E-state index in [0.717, 1.165) is 26.9 Å². The van der Waals surface area contributed by atoms with E-state index in [1.807, 2.05) is 65.4 Å². The highest BCUT2D eigenvalue weighted by molar-refractivity contribution is 7.23. The molecule has 0 unspecified atom stereocenters. The summed E-state index contributed by atoms with van der Waals surface area (Å²) in [5.74, 6) is 0.476. The van der Waals surface area contributed by atoms with Crippen LogP contribution in [-0.4, -0.2) is 27.6 Å². The van der Waals surface area contributed by atoms with Crippen LogP contribution < -0.4 is 10.1 Å². The Balaban J connectivity index is 1.43. The van der Waals surface area contributed by atoms with E-state index in [9.17, 15) is 4.79 Å². The number of amides is 1. The number of imidazole rings is 1. The van der Waals surface area contributed by atoms with Gasteiger partial charge in [0.1, 0.15) is 11.3 Å². The third-order valence-corrected chi connectivity index (χ3v) is 7.04. The van der Waals surface area contributed by atoms with Gasteiger partial charge in [0.25, 0.3) is 5.91 Å². The van der Waals surface area contributed by atoms with Crippen LogP contribution >= 0.6 is 11.3 Å². The van der Waals surface area contributed by atoms with Gasteiger partial charge in [0.2, 0.25) is 0 Å². The summed E-state index contributed by atoms with van der Waals surface area (Å²) in [6.45, 7) is 4.23. The van der Waals surface area contributed by atoms with E-state index < -0.39 is 0 Å². The summed E-state index contributed by atoms with van der Waals surface area (Å²) in [5.41, 5.74) is 4.26. The zero-order valence-electron chi connectivity index (χ0n) is 19.1. The molecule has 34 heavy (non-hydrogen) atoms. The fraction of sp³-hybridized carbons (Fsp3) is 0.148. The Labute approximate surface area is 201 Å². The maximum Gasteiger partial charge on any atom is 0.257 e. The lowest BCUT2D eigenvalue weighted by Gasteiger charge is -2.27. The topological polar surface area (TPSA) is 69.0 Å². The molecule has 7 heteroatoms. The van der Waals surface area contributed by atoms with Crippen molar-refractivity contribution < 1.29 is 9.53 Å². The SMILES string of the molecule is COc1ccc(-c2ccccc2)c2sc(NC(=O)c3ccc(C(C)(C)n4ccnc4)cc3)nc12. The number of benzene rings is 3. The summed E-state index contributed by atoms with van der Waals surface area (Å²) in [6, 6.07) is 21.7. The molecule has 1 N–H and O–H groups in total. The van der Waals surface area contributed by atoms with Crippen LogP contribution in [0.15, 0.2) is 85.5 Å². The van der Waals surface area contributed by atoms with Crippen LogP contribution in [0, 0.1) is 0 Å². The second-order valence-corrected chi connectivity index (χ2v) is 9.44. The first-order valence-corrected chi connectivity index (χ1v) is 11.7. The number of nitrogens with zero attached hydrogens (tertiary/aromatic N) is 3. The number of anilines is 1. The molecule has 0 aliphatic rings. The first-order chi connectivity index (χ1) is 16.5. The molecule has 0 radical (unpaired) electrons. The number of fused-ring (bicyclic) bond motifs is 1. The summed E-state index contributed by atoms with van der Waals surface area (Å²) in [5, 5.41) is 3.49. The number of thiazole rings is 1. The molecule has 1 amide bonds. The zero-order valence-corrected chi connectivity index (χ0v) is 20.0. The van der Waals surface area contributed by atoms with Crippen molar-refractivity contribution in [3.63, 3.8) is 0 Å². The molecule has 2 aromatic heterocycles. The fourth-order valence-corrected chi connectivity index (χ4v) is 5.00. The predicted molar refractivity (Wildman–Crippen MR) is 137 cm³/mol. The lowest BCUT2D eigenvalue weighted by atomic mass is 9.93. The first-order valence-electron chi connectivity index (χ1n) is 10.9. The molecule has 5 aromatic rings. The Kier molecular flexibility index (Phi) is 5.63. The van der Waals surface area contributed by atoms with Crippen molar-refractivity contribution in [1.29, 1.82) is 0 Å². The van der Waals surface area contributed by atoms with Crippen molar-refractivity contribution in [3.05, 3.63) is 96.6 Å². The number of ether oxygens (including phenoxy) is 1. The van der Waals surface area contributed by atoms with Gasteiger partial charge in [-0.2, -0.15) is 0 Å². The summed E-state index contributed by atoms with van der Waals surface area (Å²) >= 11 is 1.44. The Hall–Kier alpha value is -3.97. The van der Waals surface area contributed by atoms with Gasteiger partial charge in [0, 0.05) is 23.5 Å². The van der Waals surface area contributed by atoms with Crippen molar-refractivity contribution in [2.75, 3.05) is 12.4 Å². The molecule has 0 spiro atoms. The van der Waals surface area contributed by atoms with Gasteiger partial charge < -0.3 is 9.30 Å². The van der Waals surface area contributed by atoms with E-state index in [2.05, 4.69) is 41.3 Å². The molecule has 0 aliphatic carbocycles. The van der Waals surface area contributed by atoms with Gasteiger partial charge >= 0.3 is 0 Å². The minimum Gasteiger partial charge on any atom is -0.494 e. The minimum atomic E-state index is -0.275. The number of nitrogens with one attached hydrogen (secondary N) is 1. The highest BCUT2D eigenvalue weighted by Crippen LogP contribution is 2.39. The lowest BCUT2D eigenvalue weighted by Crippen LogP contribution is -2.26. The molecule has 170 valence electrons. The lowest BCUT2D eigenvalue weighted by molar-refractivity contribution is 0.102. The van der Waals surface area contributed by atoms with Crippen LogP contribution in [0.1, 0.15) is 29.8 Å². The number of hydrogen-bond donors (Lipinski definition) is 1. The Bertz CT molecular complexity index is 1440. The largest absolute Gasteiger partial charge is 0.494 e. The Morgan fingerprint density at radius 3 is 2.47 bits per heavy atom. The number of aromatic nitrogens is 3. The molecule has 0 aliphatic heterocycles. The van der Waals surface area contributed by atoms with Crippen LogP contribution in [0.4, 0.5) is 5.13 Å². The van der Waals surface area contributed by atoms with Gasteiger partial charge in [-0.1, -0.05) is 53.8 Å². The zero-order chi connectivity index (χ0) is 23.7. The molecule has 5 rings (SSSR count). The standard InChI is InChI=1S/C27H24N4O2S/c1-27(2,31-16-15-28-17-31)20-11-9-19(10-12-20)25(32)30-26-29-23-22(33-3)14-13-21(24(23)34-26)18-7-5-4-6-8-18/h4-17H,1-3H3,(H,29,30,32). The Morgan fingerprint density at radius 2 is 1.79 bits per heavy atom. The minimum absolute atomic E-state index is 0.203. The molecule has 0 atom stereocenters. The predicted octanol–water partition coefficient (Wildman–Crippen LogP) is 6.20. The quantitative estimate of drug-likeness (QED) is 0.322. The van der Waals surface area contributed by atoms with Crippen molar-refractivity contribution in [1.82, 2.24) is 14.5 Å². The molecule has 0 bridgehead atoms. The van der Waals surface area contributed by atoms with E-state index in [-0.39, 0.29) is 11.4 Å². The van der Waals surface area contributed by atoms with Crippen molar-refractivity contribution in [3.8, 4) is 16.9 Å². The summed E-state index contributed by atoms with van der Waals surface area (Å²) in [7, 11) is 1.63. The number of carbonyl (C=O) groups is 1. The van der Waals surface area contributed by atoms with Crippen LogP contribution in [-0.2, 0) is 5.54 Å². The van der Waals surface area contributed by atoms with Crippen molar-refractivity contribution in [2.45, 2.75) is 19.4 Å². The van der Waals surface area contributed by atoms with Crippen molar-refractivity contribution >= 4 is 32.6 Å². The maximum atomic E-state index is 13.0. The molecular formula is C27H24N4O2S. The Morgan fingerprint density at radius 1 is 1.03 bits per heavy atom. The molecule has 3 aromatic carbocycles. The van der Waals surface area contributed by atoms with Crippen molar-refractivity contribution in [2.24, 2.45) is 0 Å². The molecule has 0 saturated carbocycles. The average molecular weight is 469 g/mol. The highest BCUT2D eigenvalue weighted by atomic mass is 32.1. The smallest absolute Gasteiger partial charge is 0.257 e. The number of hydrogen-bond acceptors (Lipinski definition) is 5. The van der Waals surface area contributed by atoms with Crippen LogP contribution in [0.5, 0.6) is 5.75 Å². The second kappa shape index (κ2) is 8.76. The van der Waals surface area contributed by atoms with E-state index >= 15 is 0 Å². The van der Waals surface area contributed by atoms with Gasteiger partial charge in [0.15, 0.2) is 5.13 Å². The molecule has 0 saturated heterocycles. The van der Waals surface area contributed by atoms with Gasteiger partial charge in [0.05, 0.1) is 23.7 Å². The van der Waals surface area contributed by atoms with Gasteiger partial charge in [-0.25, -0.2) is 9.97 Å². The number of carbonyl (C=O) groups excluding carboxylic acids is 1. The first kappa shape index (κ1) is 21.9.